The van der Waals surface area contributed by atoms with Crippen LogP contribution in [0.2, 0.25) is 0 Å². The van der Waals surface area contributed by atoms with E-state index >= 15 is 0 Å². The number of aromatic nitrogens is 4. The molecule has 7 heteroatoms. The predicted octanol–water partition coefficient (Wildman–Crippen LogP) is 4.56. The largest absolute Gasteiger partial charge is 0.507 e. The minimum atomic E-state index is -0.321. The van der Waals surface area contributed by atoms with Gasteiger partial charge in [-0.3, -0.25) is 4.79 Å². The zero-order valence-electron chi connectivity index (χ0n) is 18.6. The second kappa shape index (κ2) is 8.16. The Labute approximate surface area is 191 Å². The fourth-order valence-electron chi connectivity index (χ4n) is 4.84. The molecule has 2 aromatic carbocycles. The molecular weight excluding hydrogens is 416 g/mol. The monoisotopic (exact) mass is 440 g/mol. The molecular formula is C26H24N4O3. The molecule has 33 heavy (non-hydrogen) atoms. The highest BCUT2D eigenvalue weighted by molar-refractivity contribution is 5.92. The topological polar surface area (TPSA) is 90.1 Å². The van der Waals surface area contributed by atoms with Crippen LogP contribution in [0.25, 0.3) is 33.5 Å². The van der Waals surface area contributed by atoms with E-state index in [9.17, 15) is 9.90 Å². The van der Waals surface area contributed by atoms with Gasteiger partial charge in [0.25, 0.3) is 0 Å². The van der Waals surface area contributed by atoms with Crippen LogP contribution in [0.1, 0.15) is 29.5 Å². The molecule has 4 aromatic rings. The van der Waals surface area contributed by atoms with Gasteiger partial charge in [0.05, 0.1) is 12.9 Å². The number of hydrogen-bond donors (Lipinski definition) is 1. The smallest absolute Gasteiger partial charge is 0.302 e. The van der Waals surface area contributed by atoms with Gasteiger partial charge in [0.2, 0.25) is 0 Å². The number of aromatic hydroxyl groups is 1. The van der Waals surface area contributed by atoms with Crippen molar-refractivity contribution in [1.29, 1.82) is 0 Å². The van der Waals surface area contributed by atoms with E-state index in [1.807, 2.05) is 35.8 Å². The number of benzene rings is 2. The molecule has 0 fully saturated rings. The number of phenols is 1. The van der Waals surface area contributed by atoms with Crippen LogP contribution in [0, 0.1) is 6.92 Å². The van der Waals surface area contributed by atoms with Crippen LogP contribution in [0.15, 0.2) is 55.6 Å². The maximum absolute atomic E-state index is 11.6. The Bertz CT molecular complexity index is 1410. The van der Waals surface area contributed by atoms with Crippen molar-refractivity contribution in [3.63, 3.8) is 0 Å². The summed E-state index contributed by atoms with van der Waals surface area (Å²) in [6.45, 7) is 8.08. The Kier molecular flexibility index (Phi) is 5.17. The second-order valence-electron chi connectivity index (χ2n) is 8.31. The highest BCUT2D eigenvalue weighted by Gasteiger charge is 2.31. The molecule has 2 aromatic heterocycles. The summed E-state index contributed by atoms with van der Waals surface area (Å²) in [6.07, 6.45) is 5.74. The number of fused-ring (bicyclic) bond motifs is 4. The normalized spacial score (nSPS) is 14.5. The number of aryl methyl sites for hydroxylation is 1. The second-order valence-corrected chi connectivity index (χ2v) is 8.31. The highest BCUT2D eigenvalue weighted by Crippen LogP contribution is 2.48. The summed E-state index contributed by atoms with van der Waals surface area (Å²) in [5.41, 5.74) is 7.99. The van der Waals surface area contributed by atoms with E-state index in [4.69, 9.17) is 4.74 Å². The van der Waals surface area contributed by atoms with E-state index < -0.39 is 0 Å². The molecule has 5 rings (SSSR count). The van der Waals surface area contributed by atoms with Crippen molar-refractivity contribution in [2.24, 2.45) is 0 Å². The molecule has 7 nitrogen and oxygen atoms in total. The van der Waals surface area contributed by atoms with Gasteiger partial charge in [-0.15, -0.1) is 6.58 Å². The molecule has 1 aliphatic rings. The maximum Gasteiger partial charge on any atom is 0.302 e. The van der Waals surface area contributed by atoms with E-state index in [0.29, 0.717) is 18.5 Å². The molecule has 0 saturated carbocycles. The average Bonchev–Trinajstić information content (AvgIpc) is 3.22. The lowest BCUT2D eigenvalue weighted by molar-refractivity contribution is -0.141. The molecule has 0 aliphatic heterocycles. The lowest BCUT2D eigenvalue weighted by Crippen LogP contribution is -2.20. The van der Waals surface area contributed by atoms with Crippen molar-refractivity contribution < 1.29 is 14.6 Å². The first-order valence-electron chi connectivity index (χ1n) is 10.8. The van der Waals surface area contributed by atoms with Gasteiger partial charge in [-0.05, 0) is 41.7 Å². The van der Waals surface area contributed by atoms with E-state index in [-0.39, 0.29) is 24.2 Å². The molecule has 2 heterocycles. The number of imidazole rings is 1. The zero-order chi connectivity index (χ0) is 23.1. The van der Waals surface area contributed by atoms with E-state index in [0.717, 1.165) is 44.7 Å². The maximum atomic E-state index is 11.6. The predicted molar refractivity (Wildman–Crippen MR) is 126 cm³/mol. The summed E-state index contributed by atoms with van der Waals surface area (Å²) in [5.74, 6) is -0.191. The first-order chi connectivity index (χ1) is 16.0. The molecule has 0 spiro atoms. The van der Waals surface area contributed by atoms with Gasteiger partial charge in [0.15, 0.2) is 5.65 Å². The Morgan fingerprint density at radius 3 is 2.85 bits per heavy atom. The quantitative estimate of drug-likeness (QED) is 0.361. The van der Waals surface area contributed by atoms with E-state index in [2.05, 4.69) is 21.5 Å². The molecule has 0 bridgehead atoms. The Morgan fingerprint density at radius 1 is 1.24 bits per heavy atom. The molecule has 0 amide bonds. The minimum Gasteiger partial charge on any atom is -0.507 e. The summed E-state index contributed by atoms with van der Waals surface area (Å²) in [5, 5.41) is 10.9. The van der Waals surface area contributed by atoms with E-state index in [1.165, 1.54) is 6.92 Å². The van der Waals surface area contributed by atoms with Crippen molar-refractivity contribution in [2.45, 2.75) is 32.7 Å². The highest BCUT2D eigenvalue weighted by atomic mass is 16.5. The van der Waals surface area contributed by atoms with Crippen molar-refractivity contribution in [3.8, 4) is 28.1 Å². The number of nitrogens with zero attached hydrogens (tertiary/aromatic N) is 4. The summed E-state index contributed by atoms with van der Waals surface area (Å²) in [6, 6.07) is 9.64. The van der Waals surface area contributed by atoms with Gasteiger partial charge in [-0.2, -0.15) is 0 Å². The Balaban J connectivity index is 1.73. The number of esters is 1. The molecule has 1 aliphatic carbocycles. The van der Waals surface area contributed by atoms with Crippen molar-refractivity contribution >= 4 is 17.1 Å². The van der Waals surface area contributed by atoms with Crippen molar-refractivity contribution in [2.75, 3.05) is 6.61 Å². The fourth-order valence-corrected chi connectivity index (χ4v) is 4.84. The number of carbonyl (C=O) groups is 1. The van der Waals surface area contributed by atoms with Gasteiger partial charge in [-0.1, -0.05) is 30.3 Å². The lowest BCUT2D eigenvalue weighted by atomic mass is 9.75. The standard InChI is InChI=1S/C26H24N4O3/c1-4-10-30-14-29-25-24(27-13-28-26(25)30)19-7-5-6-18-20(19)11-17(12-33-16(3)31)22-15(2)8-9-21(32)23(18)22/h4-9,13-14,17,32H,1,10-12H2,2-3H3. The van der Waals surface area contributed by atoms with Crippen molar-refractivity contribution in [3.05, 3.63) is 72.3 Å². The zero-order valence-corrected chi connectivity index (χ0v) is 18.6. The number of phenolic OH excluding ortho intramolecular Hbond substituents is 1. The third-order valence-corrected chi connectivity index (χ3v) is 6.22. The van der Waals surface area contributed by atoms with Gasteiger partial charge in [-0.25, -0.2) is 15.0 Å². The number of hydrogen-bond acceptors (Lipinski definition) is 6. The van der Waals surface area contributed by atoms with E-state index in [1.54, 1.807) is 24.8 Å². The van der Waals surface area contributed by atoms with Crippen LogP contribution < -0.4 is 0 Å². The SMILES string of the molecule is C=CCn1cnc2c(-c3cccc4c3CC(COC(C)=O)c3c(C)ccc(O)c3-4)ncnc21. The average molecular weight is 441 g/mol. The minimum absolute atomic E-state index is 0.0831. The summed E-state index contributed by atoms with van der Waals surface area (Å²) < 4.78 is 7.35. The van der Waals surface area contributed by atoms with Crippen molar-refractivity contribution in [1.82, 2.24) is 19.5 Å². The van der Waals surface area contributed by atoms with Crippen LogP contribution in [-0.4, -0.2) is 37.2 Å². The number of carbonyl (C=O) groups excluding carboxylic acids is 1. The molecule has 166 valence electrons. The molecule has 1 atom stereocenters. The van der Waals surface area contributed by atoms with Crippen LogP contribution >= 0.6 is 0 Å². The summed E-state index contributed by atoms with van der Waals surface area (Å²) >= 11 is 0. The van der Waals surface area contributed by atoms with Gasteiger partial charge in [0.1, 0.15) is 23.3 Å². The van der Waals surface area contributed by atoms with Crippen LogP contribution in [0.5, 0.6) is 5.75 Å². The first-order valence-corrected chi connectivity index (χ1v) is 10.8. The fraction of sp³-hybridized carbons (Fsp3) is 0.231. The summed E-state index contributed by atoms with van der Waals surface area (Å²) in [7, 11) is 0. The number of ether oxygens (including phenoxy) is 1. The molecule has 1 N–H and O–H groups in total. The molecule has 1 unspecified atom stereocenters. The van der Waals surface area contributed by atoms with Gasteiger partial charge >= 0.3 is 5.97 Å². The third kappa shape index (κ3) is 3.46. The lowest BCUT2D eigenvalue weighted by Gasteiger charge is -2.31. The van der Waals surface area contributed by atoms with Gasteiger partial charge < -0.3 is 14.4 Å². The Hall–Kier alpha value is -4.00. The number of rotatable bonds is 5. The van der Waals surface area contributed by atoms with Crippen LogP contribution in [-0.2, 0) is 22.5 Å². The van der Waals surface area contributed by atoms with Crippen LogP contribution in [0.4, 0.5) is 0 Å². The van der Waals surface area contributed by atoms with Gasteiger partial charge in [0, 0.05) is 30.5 Å². The Morgan fingerprint density at radius 2 is 2.06 bits per heavy atom. The molecule has 0 saturated heterocycles. The van der Waals surface area contributed by atoms with Crippen LogP contribution in [0.3, 0.4) is 0 Å². The first kappa shape index (κ1) is 20.9. The number of allylic oxidation sites excluding steroid dienone is 1. The molecule has 0 radical (unpaired) electrons. The summed E-state index contributed by atoms with van der Waals surface area (Å²) in [4.78, 5) is 25.2. The third-order valence-electron chi connectivity index (χ3n) is 6.22.